The van der Waals surface area contributed by atoms with Crippen molar-refractivity contribution in [2.75, 3.05) is 13.1 Å². The number of aryl methyl sites for hydroxylation is 1. The highest BCUT2D eigenvalue weighted by atomic mass is 16.5. The summed E-state index contributed by atoms with van der Waals surface area (Å²) >= 11 is 0. The van der Waals surface area contributed by atoms with E-state index in [0.29, 0.717) is 30.3 Å². The monoisotopic (exact) mass is 429 g/mol. The number of nitrogens with zero attached hydrogens (tertiary/aromatic N) is 3. The number of Topliss-reactive ketones (excluding diaryl/α,β-unsaturated/α-hetero) is 1. The van der Waals surface area contributed by atoms with Gasteiger partial charge in [0.05, 0.1) is 5.41 Å². The molecule has 5 heteroatoms. The molecule has 1 aromatic heterocycles. The van der Waals surface area contributed by atoms with Gasteiger partial charge < -0.3 is 4.52 Å². The highest BCUT2D eigenvalue weighted by Crippen LogP contribution is 2.40. The predicted molar refractivity (Wildman–Crippen MR) is 124 cm³/mol. The van der Waals surface area contributed by atoms with Gasteiger partial charge in [-0.15, -0.1) is 0 Å². The first-order valence-corrected chi connectivity index (χ1v) is 12.0. The van der Waals surface area contributed by atoms with Crippen LogP contribution in [-0.4, -0.2) is 33.9 Å². The van der Waals surface area contributed by atoms with Crippen molar-refractivity contribution >= 4 is 5.78 Å². The number of ketones is 1. The van der Waals surface area contributed by atoms with Gasteiger partial charge in [-0.1, -0.05) is 66.2 Å². The quantitative estimate of drug-likeness (QED) is 0.483. The van der Waals surface area contributed by atoms with E-state index in [1.807, 2.05) is 18.2 Å². The van der Waals surface area contributed by atoms with Crippen molar-refractivity contribution in [2.45, 2.75) is 63.3 Å². The molecular formula is C27H31N3O2. The van der Waals surface area contributed by atoms with E-state index in [2.05, 4.69) is 51.4 Å². The Balaban J connectivity index is 1.22. The van der Waals surface area contributed by atoms with E-state index in [4.69, 9.17) is 4.52 Å². The maximum Gasteiger partial charge on any atom is 0.226 e. The molecule has 2 aromatic carbocycles. The van der Waals surface area contributed by atoms with Gasteiger partial charge in [0.15, 0.2) is 0 Å². The van der Waals surface area contributed by atoms with Gasteiger partial charge in [0.25, 0.3) is 0 Å². The molecule has 166 valence electrons. The smallest absolute Gasteiger partial charge is 0.226 e. The lowest BCUT2D eigenvalue weighted by atomic mass is 9.66. The van der Waals surface area contributed by atoms with E-state index in [1.165, 1.54) is 25.1 Å². The lowest BCUT2D eigenvalue weighted by molar-refractivity contribution is -0.127. The van der Waals surface area contributed by atoms with Crippen LogP contribution in [0.4, 0.5) is 0 Å². The van der Waals surface area contributed by atoms with Crippen LogP contribution in [0.5, 0.6) is 0 Å². The fourth-order valence-corrected chi connectivity index (χ4v) is 5.13. The minimum absolute atomic E-state index is 0.353. The first-order valence-electron chi connectivity index (χ1n) is 12.0. The Hall–Kier alpha value is -2.79. The summed E-state index contributed by atoms with van der Waals surface area (Å²) in [6.45, 7) is 3.42. The average Bonchev–Trinajstić information content (AvgIpc) is 3.28. The summed E-state index contributed by atoms with van der Waals surface area (Å²) in [7, 11) is 0. The van der Waals surface area contributed by atoms with Crippen molar-refractivity contribution in [1.82, 2.24) is 15.0 Å². The fourth-order valence-electron chi connectivity index (χ4n) is 5.13. The van der Waals surface area contributed by atoms with Gasteiger partial charge in [-0.3, -0.25) is 9.69 Å². The molecule has 0 radical (unpaired) electrons. The maximum atomic E-state index is 13.0. The number of benzene rings is 2. The molecule has 32 heavy (non-hydrogen) atoms. The normalized spacial score (nSPS) is 21.4. The summed E-state index contributed by atoms with van der Waals surface area (Å²) in [5.41, 5.74) is 3.11. The molecule has 5 rings (SSSR count). The fraction of sp³-hybridized carbons (Fsp3) is 0.444. The number of aromatic nitrogens is 2. The zero-order valence-corrected chi connectivity index (χ0v) is 18.6. The van der Waals surface area contributed by atoms with Gasteiger partial charge in [-0.2, -0.15) is 4.98 Å². The molecule has 0 spiro atoms. The number of carbonyl (C=O) groups is 1. The number of hydrogen-bond acceptors (Lipinski definition) is 5. The van der Waals surface area contributed by atoms with Crippen molar-refractivity contribution in [3.05, 3.63) is 71.6 Å². The summed E-state index contributed by atoms with van der Waals surface area (Å²) in [6.07, 6.45) is 7.44. The number of hydrogen-bond donors (Lipinski definition) is 0. The SMILES string of the molecule is O=C1CCCCC1(CCCc1nc(-c2ccc(CN3CCC3)cc2)no1)c1ccccc1. The van der Waals surface area contributed by atoms with Crippen LogP contribution in [0.3, 0.4) is 0 Å². The van der Waals surface area contributed by atoms with Crippen LogP contribution in [0.1, 0.15) is 62.0 Å². The summed E-state index contributed by atoms with van der Waals surface area (Å²) in [5.74, 6) is 1.68. The van der Waals surface area contributed by atoms with E-state index >= 15 is 0 Å². The van der Waals surface area contributed by atoms with Gasteiger partial charge in [0.1, 0.15) is 5.78 Å². The maximum absolute atomic E-state index is 13.0. The van der Waals surface area contributed by atoms with Crippen LogP contribution >= 0.6 is 0 Å². The van der Waals surface area contributed by atoms with Gasteiger partial charge in [0.2, 0.25) is 11.7 Å². The molecule has 0 amide bonds. The van der Waals surface area contributed by atoms with E-state index in [-0.39, 0.29) is 5.41 Å². The molecule has 0 bridgehead atoms. The number of rotatable bonds is 8. The van der Waals surface area contributed by atoms with Crippen molar-refractivity contribution in [1.29, 1.82) is 0 Å². The minimum Gasteiger partial charge on any atom is -0.339 e. The minimum atomic E-state index is -0.353. The second-order valence-corrected chi connectivity index (χ2v) is 9.27. The van der Waals surface area contributed by atoms with Gasteiger partial charge in [-0.25, -0.2) is 0 Å². The van der Waals surface area contributed by atoms with E-state index in [0.717, 1.165) is 49.8 Å². The van der Waals surface area contributed by atoms with Crippen LogP contribution in [-0.2, 0) is 23.2 Å². The second kappa shape index (κ2) is 9.37. The average molecular weight is 430 g/mol. The summed E-state index contributed by atoms with van der Waals surface area (Å²) in [5, 5.41) is 4.20. The zero-order chi connectivity index (χ0) is 21.8. The highest BCUT2D eigenvalue weighted by Gasteiger charge is 2.40. The molecular weight excluding hydrogens is 398 g/mol. The van der Waals surface area contributed by atoms with Crippen molar-refractivity contribution < 1.29 is 9.32 Å². The summed E-state index contributed by atoms with van der Waals surface area (Å²) in [6, 6.07) is 18.8. The predicted octanol–water partition coefficient (Wildman–Crippen LogP) is 5.35. The second-order valence-electron chi connectivity index (χ2n) is 9.27. The third kappa shape index (κ3) is 4.40. The molecule has 1 saturated carbocycles. The van der Waals surface area contributed by atoms with Gasteiger partial charge >= 0.3 is 0 Å². The number of likely N-dealkylation sites (tertiary alicyclic amines) is 1. The Morgan fingerprint density at radius 2 is 1.78 bits per heavy atom. The summed E-state index contributed by atoms with van der Waals surface area (Å²) in [4.78, 5) is 20.1. The molecule has 1 aliphatic carbocycles. The van der Waals surface area contributed by atoms with Crippen LogP contribution < -0.4 is 0 Å². The lowest BCUT2D eigenvalue weighted by Crippen LogP contribution is -2.38. The largest absolute Gasteiger partial charge is 0.339 e. The third-order valence-electron chi connectivity index (χ3n) is 7.15. The Kier molecular flexibility index (Phi) is 6.17. The summed E-state index contributed by atoms with van der Waals surface area (Å²) < 4.78 is 5.54. The molecule has 1 unspecified atom stereocenters. The van der Waals surface area contributed by atoms with Crippen LogP contribution in [0.2, 0.25) is 0 Å². The van der Waals surface area contributed by atoms with Crippen molar-refractivity contribution in [3.63, 3.8) is 0 Å². The van der Waals surface area contributed by atoms with Crippen LogP contribution in [0.15, 0.2) is 59.1 Å². The van der Waals surface area contributed by atoms with Gasteiger partial charge in [0, 0.05) is 24.9 Å². The zero-order valence-electron chi connectivity index (χ0n) is 18.6. The molecule has 2 aliphatic rings. The Labute approximate surface area is 189 Å². The van der Waals surface area contributed by atoms with E-state index in [1.54, 1.807) is 0 Å². The van der Waals surface area contributed by atoms with Crippen molar-refractivity contribution in [3.8, 4) is 11.4 Å². The topological polar surface area (TPSA) is 59.2 Å². The molecule has 5 nitrogen and oxygen atoms in total. The Morgan fingerprint density at radius 1 is 0.969 bits per heavy atom. The molecule has 0 N–H and O–H groups in total. The Bertz CT molecular complexity index is 1040. The standard InChI is InChI=1S/C27H31N3O2/c31-24-10-4-5-16-27(24,23-8-2-1-3-9-23)17-6-11-25-28-26(29-32-25)22-14-12-21(13-15-22)20-30-18-7-19-30/h1-3,8-9,12-15H,4-7,10-11,16-20H2. The van der Waals surface area contributed by atoms with Crippen LogP contribution in [0.25, 0.3) is 11.4 Å². The van der Waals surface area contributed by atoms with Crippen LogP contribution in [0, 0.1) is 0 Å². The molecule has 2 heterocycles. The third-order valence-corrected chi connectivity index (χ3v) is 7.15. The Morgan fingerprint density at radius 3 is 2.50 bits per heavy atom. The molecule has 2 fully saturated rings. The first-order chi connectivity index (χ1) is 15.7. The lowest BCUT2D eigenvalue weighted by Gasteiger charge is -2.36. The molecule has 1 aliphatic heterocycles. The van der Waals surface area contributed by atoms with Crippen molar-refractivity contribution in [2.24, 2.45) is 0 Å². The molecule has 1 atom stereocenters. The van der Waals surface area contributed by atoms with E-state index in [9.17, 15) is 4.79 Å². The van der Waals surface area contributed by atoms with E-state index < -0.39 is 0 Å². The van der Waals surface area contributed by atoms with Gasteiger partial charge in [-0.05, 0) is 56.3 Å². The highest BCUT2D eigenvalue weighted by molar-refractivity contribution is 5.90. The number of carbonyl (C=O) groups excluding carboxylic acids is 1. The molecule has 1 saturated heterocycles. The first kappa shape index (κ1) is 21.1. The molecule has 3 aromatic rings.